The number of halogens is 2. The highest BCUT2D eigenvalue weighted by Gasteiger charge is 2.24. The average molecular weight is 427 g/mol. The number of hydrogen-bond acceptors (Lipinski definition) is 4. The molecular weight excluding hydrogens is 402 g/mol. The SMILES string of the molecule is CSc1ccccc1CN1CCC(CNS(=O)(=O)c2cc(F)ccc2F)CC1. The maximum absolute atomic E-state index is 13.8. The maximum Gasteiger partial charge on any atom is 0.243 e. The molecule has 0 atom stereocenters. The van der Waals surface area contributed by atoms with Crippen molar-refractivity contribution in [2.24, 2.45) is 5.92 Å². The standard InChI is InChI=1S/C20H24F2N2O2S2/c1-27-19-5-3-2-4-16(19)14-24-10-8-15(9-11-24)13-23-28(25,26)20-12-17(21)6-7-18(20)22/h2-7,12,15,23H,8-11,13-14H2,1H3. The summed E-state index contributed by atoms with van der Waals surface area (Å²) in [6, 6.07) is 10.8. The Morgan fingerprint density at radius 1 is 1.14 bits per heavy atom. The van der Waals surface area contributed by atoms with Crippen LogP contribution in [0.3, 0.4) is 0 Å². The van der Waals surface area contributed by atoms with E-state index in [1.165, 1.54) is 10.5 Å². The summed E-state index contributed by atoms with van der Waals surface area (Å²) in [6.45, 7) is 2.87. The van der Waals surface area contributed by atoms with Crippen molar-refractivity contribution in [3.63, 3.8) is 0 Å². The molecule has 4 nitrogen and oxygen atoms in total. The largest absolute Gasteiger partial charge is 0.299 e. The average Bonchev–Trinajstić information content (AvgIpc) is 2.69. The van der Waals surface area contributed by atoms with Gasteiger partial charge in [0.15, 0.2) is 0 Å². The second-order valence-electron chi connectivity index (χ2n) is 6.96. The number of hydrogen-bond donors (Lipinski definition) is 1. The van der Waals surface area contributed by atoms with Gasteiger partial charge >= 0.3 is 0 Å². The zero-order valence-electron chi connectivity index (χ0n) is 15.7. The van der Waals surface area contributed by atoms with Crippen molar-refractivity contribution < 1.29 is 17.2 Å². The lowest BCUT2D eigenvalue weighted by atomic mass is 9.97. The molecule has 1 fully saturated rings. The van der Waals surface area contributed by atoms with Crippen LogP contribution >= 0.6 is 11.8 Å². The highest BCUT2D eigenvalue weighted by atomic mass is 32.2. The summed E-state index contributed by atoms with van der Waals surface area (Å²) in [4.78, 5) is 3.00. The first-order valence-electron chi connectivity index (χ1n) is 9.18. The molecule has 2 aromatic carbocycles. The molecule has 1 N–H and O–H groups in total. The van der Waals surface area contributed by atoms with Crippen molar-refractivity contribution in [1.82, 2.24) is 9.62 Å². The number of thioether (sulfide) groups is 1. The van der Waals surface area contributed by atoms with Gasteiger partial charge in [-0.2, -0.15) is 0 Å². The third-order valence-electron chi connectivity index (χ3n) is 5.04. The molecule has 1 aliphatic heterocycles. The van der Waals surface area contributed by atoms with Crippen molar-refractivity contribution in [2.75, 3.05) is 25.9 Å². The second-order valence-corrected chi connectivity index (χ2v) is 9.54. The number of likely N-dealkylation sites (tertiary alicyclic amines) is 1. The van der Waals surface area contributed by atoms with Gasteiger partial charge in [0, 0.05) is 18.0 Å². The van der Waals surface area contributed by atoms with Crippen LogP contribution in [0, 0.1) is 17.6 Å². The molecule has 0 unspecified atom stereocenters. The van der Waals surface area contributed by atoms with Gasteiger partial charge in [0.2, 0.25) is 10.0 Å². The molecule has 28 heavy (non-hydrogen) atoms. The van der Waals surface area contributed by atoms with Gasteiger partial charge in [-0.3, -0.25) is 4.90 Å². The molecule has 0 aromatic heterocycles. The summed E-state index contributed by atoms with van der Waals surface area (Å²) < 4.78 is 54.1. The Balaban J connectivity index is 1.52. The Hall–Kier alpha value is -1.48. The lowest BCUT2D eigenvalue weighted by Crippen LogP contribution is -2.38. The third kappa shape index (κ3) is 5.31. The van der Waals surface area contributed by atoms with Crippen molar-refractivity contribution in [1.29, 1.82) is 0 Å². The van der Waals surface area contributed by atoms with E-state index in [9.17, 15) is 17.2 Å². The Labute approximate surface area is 169 Å². The maximum atomic E-state index is 13.8. The van der Waals surface area contributed by atoms with Gasteiger partial charge in [-0.25, -0.2) is 21.9 Å². The van der Waals surface area contributed by atoms with E-state index in [2.05, 4.69) is 28.0 Å². The van der Waals surface area contributed by atoms with E-state index in [1.54, 1.807) is 11.8 Å². The quantitative estimate of drug-likeness (QED) is 0.683. The van der Waals surface area contributed by atoms with Gasteiger partial charge < -0.3 is 0 Å². The molecule has 0 saturated carbocycles. The number of rotatable bonds is 7. The molecule has 0 aliphatic carbocycles. The molecule has 1 saturated heterocycles. The summed E-state index contributed by atoms with van der Waals surface area (Å²) in [5.41, 5.74) is 1.30. The summed E-state index contributed by atoms with van der Waals surface area (Å²) in [7, 11) is -4.07. The fourth-order valence-electron chi connectivity index (χ4n) is 3.41. The second kappa shape index (κ2) is 9.35. The van der Waals surface area contributed by atoms with E-state index >= 15 is 0 Å². The molecule has 1 heterocycles. The van der Waals surface area contributed by atoms with Gasteiger partial charge in [0.1, 0.15) is 16.5 Å². The van der Waals surface area contributed by atoms with E-state index < -0.39 is 26.6 Å². The summed E-state index contributed by atoms with van der Waals surface area (Å²) in [6.07, 6.45) is 3.78. The van der Waals surface area contributed by atoms with E-state index in [-0.39, 0.29) is 12.5 Å². The number of sulfonamides is 1. The van der Waals surface area contributed by atoms with Gasteiger partial charge in [0.25, 0.3) is 0 Å². The van der Waals surface area contributed by atoms with E-state index in [1.807, 2.05) is 12.1 Å². The van der Waals surface area contributed by atoms with Crippen LogP contribution in [0.5, 0.6) is 0 Å². The van der Waals surface area contributed by atoms with Crippen LogP contribution in [0.25, 0.3) is 0 Å². The number of nitrogens with zero attached hydrogens (tertiary/aromatic N) is 1. The summed E-state index contributed by atoms with van der Waals surface area (Å²) >= 11 is 1.73. The van der Waals surface area contributed by atoms with Crippen LogP contribution in [-0.4, -0.2) is 39.2 Å². The van der Waals surface area contributed by atoms with E-state index in [4.69, 9.17) is 0 Å². The lowest BCUT2D eigenvalue weighted by molar-refractivity contribution is 0.177. The Morgan fingerprint density at radius 3 is 2.57 bits per heavy atom. The molecule has 8 heteroatoms. The molecule has 152 valence electrons. The predicted molar refractivity (Wildman–Crippen MR) is 108 cm³/mol. The van der Waals surface area contributed by atoms with Crippen LogP contribution in [0.4, 0.5) is 8.78 Å². The lowest BCUT2D eigenvalue weighted by Gasteiger charge is -2.32. The smallest absolute Gasteiger partial charge is 0.243 e. The molecule has 2 aromatic rings. The van der Waals surface area contributed by atoms with E-state index in [0.29, 0.717) is 6.07 Å². The zero-order valence-corrected chi connectivity index (χ0v) is 17.3. The molecule has 0 amide bonds. The fourth-order valence-corrected chi connectivity index (χ4v) is 5.22. The van der Waals surface area contributed by atoms with Crippen LogP contribution in [0.2, 0.25) is 0 Å². The van der Waals surface area contributed by atoms with Gasteiger partial charge in [-0.15, -0.1) is 11.8 Å². The molecule has 1 aliphatic rings. The molecule has 0 spiro atoms. The monoisotopic (exact) mass is 426 g/mol. The molecule has 3 rings (SSSR count). The summed E-state index contributed by atoms with van der Waals surface area (Å²) in [5, 5.41) is 0. The van der Waals surface area contributed by atoms with Crippen LogP contribution in [0.1, 0.15) is 18.4 Å². The van der Waals surface area contributed by atoms with Crippen LogP contribution < -0.4 is 4.72 Å². The number of nitrogens with one attached hydrogen (secondary N) is 1. The van der Waals surface area contributed by atoms with Gasteiger partial charge in [-0.05, 0) is 67.9 Å². The van der Waals surface area contributed by atoms with Crippen molar-refractivity contribution >= 4 is 21.8 Å². The molecular formula is C20H24F2N2O2S2. The van der Waals surface area contributed by atoms with Crippen molar-refractivity contribution in [2.45, 2.75) is 29.2 Å². The normalized spacial score (nSPS) is 16.4. The topological polar surface area (TPSA) is 49.4 Å². The van der Waals surface area contributed by atoms with Gasteiger partial charge in [0.05, 0.1) is 0 Å². The van der Waals surface area contributed by atoms with Crippen molar-refractivity contribution in [3.8, 4) is 0 Å². The minimum absolute atomic E-state index is 0.179. The Morgan fingerprint density at radius 2 is 1.86 bits per heavy atom. The Kier molecular flexibility index (Phi) is 7.09. The van der Waals surface area contributed by atoms with Crippen LogP contribution in [0.15, 0.2) is 52.3 Å². The predicted octanol–water partition coefficient (Wildman–Crippen LogP) is 3.88. The van der Waals surface area contributed by atoms with Crippen molar-refractivity contribution in [3.05, 3.63) is 59.7 Å². The first-order chi connectivity index (χ1) is 13.4. The van der Waals surface area contributed by atoms with Crippen LogP contribution in [-0.2, 0) is 16.6 Å². The number of benzene rings is 2. The van der Waals surface area contributed by atoms with Gasteiger partial charge in [-0.1, -0.05) is 18.2 Å². The minimum atomic E-state index is -4.07. The highest BCUT2D eigenvalue weighted by Crippen LogP contribution is 2.24. The first-order valence-corrected chi connectivity index (χ1v) is 11.9. The fraction of sp³-hybridized carbons (Fsp3) is 0.400. The molecule has 0 bridgehead atoms. The molecule has 0 radical (unpaired) electrons. The minimum Gasteiger partial charge on any atom is -0.299 e. The Bertz CT molecular complexity index is 914. The third-order valence-corrected chi connectivity index (χ3v) is 7.32. The first kappa shape index (κ1) is 21.2. The highest BCUT2D eigenvalue weighted by molar-refractivity contribution is 7.98. The summed E-state index contributed by atoms with van der Waals surface area (Å²) in [5.74, 6) is -1.55. The van der Waals surface area contributed by atoms with E-state index in [0.717, 1.165) is 44.6 Å². The zero-order chi connectivity index (χ0) is 20.1. The number of piperidine rings is 1.